The van der Waals surface area contributed by atoms with E-state index in [4.69, 9.17) is 20.2 Å². The summed E-state index contributed by atoms with van der Waals surface area (Å²) in [4.78, 5) is 15.4. The van der Waals surface area contributed by atoms with Crippen molar-refractivity contribution in [3.05, 3.63) is 112 Å². The number of phenolic OH excluding ortho intramolecular Hbond substituents is 2. The SMILES string of the molecule is CCc1c(-c2ccc(O)cc2)c(N)nc(COCc2cn(CCCOC[C@H](C)Cn3c(C(C)(C)CO)cc4cc([N+](=O)[O-])c(F)cc43)nn2)c1-c1ccc(O)cc1. The quantitative estimate of drug-likeness (QED) is 0.0388. The molecule has 0 aliphatic carbocycles. The minimum absolute atomic E-state index is 0.0130. The van der Waals surface area contributed by atoms with E-state index in [9.17, 15) is 29.8 Å². The zero-order chi connectivity index (χ0) is 40.9. The zero-order valence-corrected chi connectivity index (χ0v) is 32.5. The van der Waals surface area contributed by atoms with Crippen molar-refractivity contribution >= 4 is 22.4 Å². The summed E-state index contributed by atoms with van der Waals surface area (Å²) in [5, 5.41) is 50.3. The summed E-state index contributed by atoms with van der Waals surface area (Å²) < 4.78 is 30.4. The normalized spacial score (nSPS) is 12.4. The maximum atomic E-state index is 14.7. The predicted octanol–water partition coefficient (Wildman–Crippen LogP) is 7.29. The number of nitro benzene ring substituents is 1. The van der Waals surface area contributed by atoms with E-state index in [-0.39, 0.29) is 37.2 Å². The molecule has 0 bridgehead atoms. The Kier molecular flexibility index (Phi) is 12.5. The Labute approximate surface area is 329 Å². The minimum atomic E-state index is -0.906. The van der Waals surface area contributed by atoms with E-state index in [0.717, 1.165) is 33.5 Å². The number of aryl methyl sites for hydroxylation is 1. The number of rotatable bonds is 18. The van der Waals surface area contributed by atoms with Crippen LogP contribution in [0, 0.1) is 21.8 Å². The average molecular weight is 782 g/mol. The van der Waals surface area contributed by atoms with Gasteiger partial charge in [0.1, 0.15) is 23.0 Å². The summed E-state index contributed by atoms with van der Waals surface area (Å²) in [6.07, 6.45) is 3.14. The number of fused-ring (bicyclic) bond motifs is 1. The number of aromatic hydroxyl groups is 2. The molecule has 57 heavy (non-hydrogen) atoms. The lowest BCUT2D eigenvalue weighted by Gasteiger charge is -2.26. The van der Waals surface area contributed by atoms with Crippen LogP contribution in [0.5, 0.6) is 11.5 Å². The Bertz CT molecular complexity index is 2340. The van der Waals surface area contributed by atoms with Gasteiger partial charge in [-0.05, 0) is 65.8 Å². The van der Waals surface area contributed by atoms with Crippen LogP contribution in [0.15, 0.2) is 72.9 Å². The highest BCUT2D eigenvalue weighted by Gasteiger charge is 2.28. The number of halogens is 1. The smallest absolute Gasteiger partial charge is 0.305 e. The zero-order valence-electron chi connectivity index (χ0n) is 32.5. The molecular formula is C42H48FN7O7. The summed E-state index contributed by atoms with van der Waals surface area (Å²) in [5.41, 5.74) is 12.2. The molecule has 0 saturated heterocycles. The summed E-state index contributed by atoms with van der Waals surface area (Å²) >= 11 is 0. The largest absolute Gasteiger partial charge is 0.508 e. The van der Waals surface area contributed by atoms with E-state index in [0.29, 0.717) is 67.3 Å². The molecule has 15 heteroatoms. The van der Waals surface area contributed by atoms with Gasteiger partial charge in [0.05, 0.1) is 48.8 Å². The summed E-state index contributed by atoms with van der Waals surface area (Å²) in [5.74, 6) is -0.244. The number of hydrogen-bond donors (Lipinski definition) is 4. The number of anilines is 1. The van der Waals surface area contributed by atoms with Crippen molar-refractivity contribution in [1.29, 1.82) is 0 Å². The number of nitrogen functional groups attached to an aromatic ring is 1. The molecule has 5 N–H and O–H groups in total. The fourth-order valence-electron chi connectivity index (χ4n) is 7.08. The molecule has 0 fully saturated rings. The van der Waals surface area contributed by atoms with Gasteiger partial charge in [-0.3, -0.25) is 14.8 Å². The predicted molar refractivity (Wildman–Crippen MR) is 214 cm³/mol. The number of ether oxygens (including phenoxy) is 2. The Balaban J connectivity index is 1.04. The summed E-state index contributed by atoms with van der Waals surface area (Å²) in [6.45, 7) is 9.89. The van der Waals surface area contributed by atoms with Crippen molar-refractivity contribution in [3.8, 4) is 33.8 Å². The molecule has 300 valence electrons. The first-order valence-corrected chi connectivity index (χ1v) is 18.8. The number of pyridine rings is 1. The molecule has 3 aromatic carbocycles. The lowest BCUT2D eigenvalue weighted by molar-refractivity contribution is -0.387. The first kappa shape index (κ1) is 40.8. The lowest BCUT2D eigenvalue weighted by atomic mass is 9.89. The van der Waals surface area contributed by atoms with Crippen LogP contribution in [-0.4, -0.2) is 64.6 Å². The Morgan fingerprint density at radius 1 is 0.982 bits per heavy atom. The highest BCUT2D eigenvalue weighted by atomic mass is 19.1. The topological polar surface area (TPSA) is 197 Å². The van der Waals surface area contributed by atoms with Gasteiger partial charge < -0.3 is 35.1 Å². The maximum Gasteiger partial charge on any atom is 0.305 e. The number of nitro groups is 1. The second-order valence-electron chi connectivity index (χ2n) is 14.9. The third-order valence-electron chi connectivity index (χ3n) is 9.97. The van der Waals surface area contributed by atoms with Crippen molar-refractivity contribution in [2.75, 3.05) is 25.6 Å². The van der Waals surface area contributed by atoms with Gasteiger partial charge >= 0.3 is 5.69 Å². The molecule has 6 aromatic rings. The molecule has 0 aliphatic heterocycles. The summed E-state index contributed by atoms with van der Waals surface area (Å²) in [6, 6.07) is 18.0. The molecule has 0 aliphatic rings. The average Bonchev–Trinajstić information content (AvgIpc) is 3.79. The van der Waals surface area contributed by atoms with Crippen LogP contribution < -0.4 is 5.73 Å². The van der Waals surface area contributed by atoms with E-state index in [2.05, 4.69) is 10.3 Å². The Morgan fingerprint density at radius 2 is 1.65 bits per heavy atom. The highest BCUT2D eigenvalue weighted by Crippen LogP contribution is 2.39. The molecule has 3 aromatic heterocycles. The van der Waals surface area contributed by atoms with Crippen molar-refractivity contribution < 1.29 is 34.1 Å². The molecule has 0 unspecified atom stereocenters. The van der Waals surface area contributed by atoms with Crippen molar-refractivity contribution in [2.45, 2.75) is 72.3 Å². The molecule has 0 saturated carbocycles. The van der Waals surface area contributed by atoms with Gasteiger partial charge in [0.2, 0.25) is 5.82 Å². The van der Waals surface area contributed by atoms with Gasteiger partial charge in [-0.25, -0.2) is 4.98 Å². The molecule has 3 heterocycles. The molecular weight excluding hydrogens is 734 g/mol. The molecule has 0 amide bonds. The first-order chi connectivity index (χ1) is 27.3. The number of aliphatic hydroxyl groups excluding tert-OH is 1. The first-order valence-electron chi connectivity index (χ1n) is 18.8. The van der Waals surface area contributed by atoms with E-state index in [1.165, 1.54) is 12.1 Å². The number of aromatic nitrogens is 5. The van der Waals surface area contributed by atoms with Crippen LogP contribution in [0.25, 0.3) is 33.2 Å². The van der Waals surface area contributed by atoms with Gasteiger partial charge in [0.25, 0.3) is 0 Å². The van der Waals surface area contributed by atoms with E-state index < -0.39 is 21.8 Å². The number of aliphatic hydroxyl groups is 1. The molecule has 0 radical (unpaired) electrons. The Morgan fingerprint density at radius 3 is 2.28 bits per heavy atom. The highest BCUT2D eigenvalue weighted by molar-refractivity contribution is 5.86. The number of benzene rings is 3. The van der Waals surface area contributed by atoms with Crippen LogP contribution >= 0.6 is 0 Å². The van der Waals surface area contributed by atoms with E-state index >= 15 is 0 Å². The number of nitrogens with zero attached hydrogens (tertiary/aromatic N) is 6. The summed E-state index contributed by atoms with van der Waals surface area (Å²) in [7, 11) is 0. The van der Waals surface area contributed by atoms with Crippen LogP contribution in [0.1, 0.15) is 56.8 Å². The van der Waals surface area contributed by atoms with Gasteiger partial charge in [-0.1, -0.05) is 57.2 Å². The van der Waals surface area contributed by atoms with Crippen LogP contribution in [0.3, 0.4) is 0 Å². The van der Waals surface area contributed by atoms with Gasteiger partial charge in [-0.2, -0.15) is 4.39 Å². The fraction of sp³-hybridized carbons (Fsp3) is 0.357. The van der Waals surface area contributed by atoms with Gasteiger partial charge in [0, 0.05) is 59.5 Å². The van der Waals surface area contributed by atoms with Crippen molar-refractivity contribution in [1.82, 2.24) is 24.5 Å². The van der Waals surface area contributed by atoms with E-state index in [1.54, 1.807) is 47.1 Å². The van der Waals surface area contributed by atoms with Crippen molar-refractivity contribution in [2.24, 2.45) is 5.92 Å². The third-order valence-corrected chi connectivity index (χ3v) is 9.97. The van der Waals surface area contributed by atoms with Crippen LogP contribution in [0.2, 0.25) is 0 Å². The number of phenols is 2. The lowest BCUT2D eigenvalue weighted by Crippen LogP contribution is -2.27. The molecule has 14 nitrogen and oxygen atoms in total. The second-order valence-corrected chi connectivity index (χ2v) is 14.9. The fourth-order valence-corrected chi connectivity index (χ4v) is 7.08. The maximum absolute atomic E-state index is 14.7. The second kappa shape index (κ2) is 17.5. The van der Waals surface area contributed by atoms with Crippen molar-refractivity contribution in [3.63, 3.8) is 0 Å². The standard InChI is InChI=1S/C42H48FN7O7/c1-5-33-39(27-7-11-31(52)12-8-27)35(45-41(44)40(33)28-9-13-32(53)14-10-28)24-57-23-30-21-48(47-46-30)15-6-16-56-22-26(2)20-49-36-19-34(43)37(50(54)55)17-29(36)18-38(49)42(3,4)25-51/h7-14,17-19,21,26,51-53H,5-6,15-16,20,22-25H2,1-4H3,(H2,44,45)/t26-/m1/s1. The minimum Gasteiger partial charge on any atom is -0.508 e. The number of nitrogens with two attached hydrogens (primary N) is 1. The Hall–Kier alpha value is -5.90. The number of hydrogen-bond acceptors (Lipinski definition) is 11. The van der Waals surface area contributed by atoms with Crippen LogP contribution in [-0.2, 0) is 47.6 Å². The van der Waals surface area contributed by atoms with Gasteiger partial charge in [0.15, 0.2) is 0 Å². The van der Waals surface area contributed by atoms with Gasteiger partial charge in [-0.15, -0.1) is 5.10 Å². The molecule has 1 atom stereocenters. The third kappa shape index (κ3) is 9.22. The molecule has 6 rings (SSSR count). The van der Waals surface area contributed by atoms with Crippen LogP contribution in [0.4, 0.5) is 15.9 Å². The monoisotopic (exact) mass is 781 g/mol. The van der Waals surface area contributed by atoms with E-state index in [1.807, 2.05) is 50.6 Å². The molecule has 0 spiro atoms.